The number of fused-ring (bicyclic) bond motifs is 1. The highest BCUT2D eigenvalue weighted by atomic mass is 16.5. The van der Waals surface area contributed by atoms with Gasteiger partial charge in [0.05, 0.1) is 11.3 Å². The summed E-state index contributed by atoms with van der Waals surface area (Å²) < 4.78 is 11.7. The SMILES string of the molecule is CC1(COc2cccc3c2NCC3)CCCO1. The molecular weight excluding hydrogens is 214 g/mol. The minimum atomic E-state index is -0.0959. The molecule has 0 amide bonds. The third-order valence-electron chi connectivity index (χ3n) is 3.64. The Morgan fingerprint density at radius 3 is 3.24 bits per heavy atom. The molecule has 3 nitrogen and oxygen atoms in total. The van der Waals surface area contributed by atoms with Crippen LogP contribution in [0.1, 0.15) is 25.3 Å². The zero-order chi connectivity index (χ0) is 11.7. The lowest BCUT2D eigenvalue weighted by Crippen LogP contribution is -2.31. The summed E-state index contributed by atoms with van der Waals surface area (Å²) >= 11 is 0. The predicted octanol–water partition coefficient (Wildman–Crippen LogP) is 2.60. The van der Waals surface area contributed by atoms with Gasteiger partial charge in [-0.05, 0) is 37.8 Å². The second-order valence-corrected chi connectivity index (χ2v) is 5.16. The molecule has 17 heavy (non-hydrogen) atoms. The fraction of sp³-hybridized carbons (Fsp3) is 0.571. The van der Waals surface area contributed by atoms with Gasteiger partial charge in [0.2, 0.25) is 0 Å². The first-order valence-corrected chi connectivity index (χ1v) is 6.39. The van der Waals surface area contributed by atoms with E-state index >= 15 is 0 Å². The van der Waals surface area contributed by atoms with E-state index in [9.17, 15) is 0 Å². The van der Waals surface area contributed by atoms with Gasteiger partial charge in [-0.1, -0.05) is 12.1 Å². The monoisotopic (exact) mass is 233 g/mol. The van der Waals surface area contributed by atoms with E-state index in [2.05, 4.69) is 24.4 Å². The minimum absolute atomic E-state index is 0.0959. The molecule has 0 radical (unpaired) electrons. The Labute approximate surface area is 102 Å². The van der Waals surface area contributed by atoms with Crippen molar-refractivity contribution in [2.24, 2.45) is 0 Å². The Balaban J connectivity index is 1.71. The van der Waals surface area contributed by atoms with E-state index in [1.54, 1.807) is 0 Å². The highest BCUT2D eigenvalue weighted by Crippen LogP contribution is 2.34. The average Bonchev–Trinajstić information content (AvgIpc) is 2.95. The third kappa shape index (κ3) is 2.12. The molecule has 1 aromatic rings. The fourth-order valence-electron chi connectivity index (χ4n) is 2.61. The van der Waals surface area contributed by atoms with E-state index in [1.165, 1.54) is 11.3 Å². The van der Waals surface area contributed by atoms with E-state index in [4.69, 9.17) is 9.47 Å². The van der Waals surface area contributed by atoms with Gasteiger partial charge in [-0.2, -0.15) is 0 Å². The Morgan fingerprint density at radius 2 is 2.41 bits per heavy atom. The summed E-state index contributed by atoms with van der Waals surface area (Å²) in [6, 6.07) is 6.27. The molecule has 1 aromatic carbocycles. The summed E-state index contributed by atoms with van der Waals surface area (Å²) in [5, 5.41) is 3.39. The largest absolute Gasteiger partial charge is 0.488 e. The molecule has 0 aliphatic carbocycles. The van der Waals surface area contributed by atoms with Crippen molar-refractivity contribution in [2.75, 3.05) is 25.1 Å². The molecule has 2 aliphatic heterocycles. The van der Waals surface area contributed by atoms with Crippen LogP contribution in [0.3, 0.4) is 0 Å². The van der Waals surface area contributed by atoms with Crippen molar-refractivity contribution >= 4 is 5.69 Å². The van der Waals surface area contributed by atoms with Crippen LogP contribution in [-0.2, 0) is 11.2 Å². The van der Waals surface area contributed by atoms with E-state index < -0.39 is 0 Å². The van der Waals surface area contributed by atoms with E-state index in [0.717, 1.165) is 38.2 Å². The topological polar surface area (TPSA) is 30.5 Å². The molecule has 0 bridgehead atoms. The van der Waals surface area contributed by atoms with Crippen molar-refractivity contribution in [3.05, 3.63) is 23.8 Å². The number of ether oxygens (including phenoxy) is 2. The molecule has 1 unspecified atom stereocenters. The predicted molar refractivity (Wildman–Crippen MR) is 67.7 cm³/mol. The fourth-order valence-corrected chi connectivity index (χ4v) is 2.61. The molecule has 1 fully saturated rings. The van der Waals surface area contributed by atoms with Gasteiger partial charge in [0.1, 0.15) is 12.4 Å². The average molecular weight is 233 g/mol. The van der Waals surface area contributed by atoms with Gasteiger partial charge in [0.15, 0.2) is 0 Å². The van der Waals surface area contributed by atoms with Crippen LogP contribution in [0, 0.1) is 0 Å². The molecular formula is C14H19NO2. The van der Waals surface area contributed by atoms with Crippen molar-refractivity contribution in [1.29, 1.82) is 0 Å². The highest BCUT2D eigenvalue weighted by molar-refractivity contribution is 5.65. The molecule has 1 atom stereocenters. The van der Waals surface area contributed by atoms with Gasteiger partial charge in [0.25, 0.3) is 0 Å². The lowest BCUT2D eigenvalue weighted by molar-refractivity contribution is -0.0157. The summed E-state index contributed by atoms with van der Waals surface area (Å²) in [6.45, 7) is 4.66. The molecule has 0 aromatic heterocycles. The first-order valence-electron chi connectivity index (χ1n) is 6.39. The van der Waals surface area contributed by atoms with Crippen molar-refractivity contribution in [3.63, 3.8) is 0 Å². The standard InChI is InChI=1S/C14H19NO2/c1-14(7-3-9-17-14)10-16-12-5-2-4-11-6-8-15-13(11)12/h2,4-5,15H,3,6-10H2,1H3. The lowest BCUT2D eigenvalue weighted by Gasteiger charge is -2.24. The van der Waals surface area contributed by atoms with Crippen LogP contribution in [0.5, 0.6) is 5.75 Å². The second kappa shape index (κ2) is 4.22. The van der Waals surface area contributed by atoms with Gasteiger partial charge in [-0.3, -0.25) is 0 Å². The smallest absolute Gasteiger partial charge is 0.142 e. The lowest BCUT2D eigenvalue weighted by atomic mass is 10.0. The van der Waals surface area contributed by atoms with Gasteiger partial charge in [-0.25, -0.2) is 0 Å². The molecule has 1 saturated heterocycles. The Bertz CT molecular complexity index is 411. The second-order valence-electron chi connectivity index (χ2n) is 5.16. The zero-order valence-corrected chi connectivity index (χ0v) is 10.3. The number of rotatable bonds is 3. The number of para-hydroxylation sites is 1. The number of benzene rings is 1. The van der Waals surface area contributed by atoms with Crippen LogP contribution >= 0.6 is 0 Å². The molecule has 2 aliphatic rings. The minimum Gasteiger partial charge on any atom is -0.488 e. The first kappa shape index (κ1) is 10.9. The summed E-state index contributed by atoms with van der Waals surface area (Å²) in [4.78, 5) is 0. The van der Waals surface area contributed by atoms with E-state index in [1.807, 2.05) is 6.07 Å². The van der Waals surface area contributed by atoms with Crippen LogP contribution in [0.4, 0.5) is 5.69 Å². The summed E-state index contributed by atoms with van der Waals surface area (Å²) in [5.41, 5.74) is 2.44. The zero-order valence-electron chi connectivity index (χ0n) is 10.3. The van der Waals surface area contributed by atoms with Crippen molar-refractivity contribution in [1.82, 2.24) is 0 Å². The van der Waals surface area contributed by atoms with Gasteiger partial charge in [0, 0.05) is 13.2 Å². The maximum Gasteiger partial charge on any atom is 0.142 e. The molecule has 2 heterocycles. The van der Waals surface area contributed by atoms with Gasteiger partial charge < -0.3 is 14.8 Å². The van der Waals surface area contributed by atoms with Crippen LogP contribution in [0.2, 0.25) is 0 Å². The quantitative estimate of drug-likeness (QED) is 0.870. The van der Waals surface area contributed by atoms with Crippen LogP contribution < -0.4 is 10.1 Å². The number of hydrogen-bond donors (Lipinski definition) is 1. The van der Waals surface area contributed by atoms with Gasteiger partial charge >= 0.3 is 0 Å². The van der Waals surface area contributed by atoms with Crippen molar-refractivity contribution in [2.45, 2.75) is 31.8 Å². The Kier molecular flexibility index (Phi) is 2.71. The number of anilines is 1. The molecule has 3 heteroatoms. The number of hydrogen-bond acceptors (Lipinski definition) is 3. The summed E-state index contributed by atoms with van der Waals surface area (Å²) in [6.07, 6.45) is 3.33. The molecule has 0 spiro atoms. The Morgan fingerprint density at radius 1 is 1.47 bits per heavy atom. The summed E-state index contributed by atoms with van der Waals surface area (Å²) in [5.74, 6) is 0.969. The van der Waals surface area contributed by atoms with Gasteiger partial charge in [-0.15, -0.1) is 0 Å². The van der Waals surface area contributed by atoms with Crippen molar-refractivity contribution in [3.8, 4) is 5.75 Å². The van der Waals surface area contributed by atoms with Crippen LogP contribution in [0.15, 0.2) is 18.2 Å². The molecule has 0 saturated carbocycles. The molecule has 1 N–H and O–H groups in total. The molecule has 92 valence electrons. The Hall–Kier alpha value is -1.22. The van der Waals surface area contributed by atoms with Crippen molar-refractivity contribution < 1.29 is 9.47 Å². The number of nitrogens with one attached hydrogen (secondary N) is 1. The maximum absolute atomic E-state index is 5.95. The maximum atomic E-state index is 5.95. The van der Waals surface area contributed by atoms with Crippen LogP contribution in [0.25, 0.3) is 0 Å². The first-order chi connectivity index (χ1) is 8.27. The normalized spacial score (nSPS) is 26.6. The third-order valence-corrected chi connectivity index (χ3v) is 3.64. The molecule has 3 rings (SSSR count). The van der Waals surface area contributed by atoms with E-state index in [-0.39, 0.29) is 5.60 Å². The van der Waals surface area contributed by atoms with E-state index in [0.29, 0.717) is 6.61 Å². The van der Waals surface area contributed by atoms with Crippen LogP contribution in [-0.4, -0.2) is 25.4 Å². The highest BCUT2D eigenvalue weighted by Gasteiger charge is 2.31. The summed E-state index contributed by atoms with van der Waals surface area (Å²) in [7, 11) is 0.